The quantitative estimate of drug-likeness (QED) is 0.407. The van der Waals surface area contributed by atoms with Gasteiger partial charge < -0.3 is 5.11 Å². The Hall–Kier alpha value is 0.847. The van der Waals surface area contributed by atoms with E-state index in [-0.39, 0.29) is 74.1 Å². The Bertz CT molecular complexity index is 448. The first kappa shape index (κ1) is 22.1. The van der Waals surface area contributed by atoms with Crippen LogP contribution < -0.4 is 29.6 Å². The zero-order valence-corrected chi connectivity index (χ0v) is 14.3. The van der Waals surface area contributed by atoms with Crippen molar-refractivity contribution in [2.24, 2.45) is 0 Å². The molecule has 81 valence electrons. The number of benzene rings is 1. The third-order valence-corrected chi connectivity index (χ3v) is 2.23. The molecule has 2 N–H and O–H groups in total. The molecule has 0 saturated heterocycles. The predicted octanol–water partition coefficient (Wildman–Crippen LogP) is -2.37. The predicted molar refractivity (Wildman–Crippen MR) is 43.2 cm³/mol. The van der Waals surface area contributed by atoms with E-state index in [1.165, 1.54) is 12.1 Å². The maximum Gasteiger partial charge on any atom is 3.00 e. The second-order valence-corrected chi connectivity index (χ2v) is 3.73. The molecule has 0 aliphatic rings. The minimum Gasteiger partial charge on any atom is -0.478 e. The number of aromatic carboxylic acids is 1. The van der Waals surface area contributed by atoms with Crippen LogP contribution in [0.5, 0.6) is 0 Å². The van der Waals surface area contributed by atoms with Crippen LogP contribution in [0.25, 0.3) is 0 Å². The normalized spacial score (nSPS) is 9.06. The molecule has 1 aromatic carbocycles. The van der Waals surface area contributed by atoms with Gasteiger partial charge in [0.05, 0.1) is 10.5 Å². The molecular weight excluding hydrogens is 421 g/mol. The summed E-state index contributed by atoms with van der Waals surface area (Å²) in [5.74, 6) is -1.24. The Morgan fingerprint density at radius 1 is 1.25 bits per heavy atom. The summed E-state index contributed by atoms with van der Waals surface area (Å²) >= 11 is 0. The summed E-state index contributed by atoms with van der Waals surface area (Å²) in [6, 6.07) is 4.48. The molecule has 16 heavy (non-hydrogen) atoms. The summed E-state index contributed by atoms with van der Waals surface area (Å²) in [5, 5.41) is 8.50. The van der Waals surface area contributed by atoms with Gasteiger partial charge in [-0.3, -0.25) is 4.55 Å². The minimum atomic E-state index is -4.32. The van der Waals surface area contributed by atoms with E-state index in [4.69, 9.17) is 9.66 Å². The number of hydrogen-bond donors (Lipinski definition) is 2. The molecule has 1 radical (unpaired) electrons. The molecule has 0 heterocycles. The molecule has 0 atom stereocenters. The zero-order valence-electron chi connectivity index (χ0n) is 8.04. The van der Waals surface area contributed by atoms with Gasteiger partial charge in [-0.15, -0.1) is 0 Å². The summed E-state index contributed by atoms with van der Waals surface area (Å²) in [7, 11) is -4.32. The number of rotatable bonds is 2. The Balaban J connectivity index is -0.000000563. The van der Waals surface area contributed by atoms with Crippen LogP contribution in [0.1, 0.15) is 10.4 Å². The molecule has 0 bridgehead atoms. The van der Waals surface area contributed by atoms with Crippen LogP contribution in [0.15, 0.2) is 29.2 Å². The van der Waals surface area contributed by atoms with E-state index < -0.39 is 21.0 Å². The summed E-state index contributed by atoms with van der Waals surface area (Å²) in [4.78, 5) is 9.98. The van der Waals surface area contributed by atoms with E-state index in [0.29, 0.717) is 0 Å². The number of carboxylic acids is 1. The van der Waals surface area contributed by atoms with Crippen molar-refractivity contribution in [1.82, 2.24) is 0 Å². The summed E-state index contributed by atoms with van der Waals surface area (Å²) in [5.41, 5.74) is -0.185. The first-order valence-corrected chi connectivity index (χ1v) is 4.66. The fourth-order valence-corrected chi connectivity index (χ4v) is 1.32. The Kier molecular flexibility index (Phi) is 12.2. The molecule has 0 aromatic heterocycles. The van der Waals surface area contributed by atoms with Gasteiger partial charge in [0.1, 0.15) is 0 Å². The molecule has 0 aliphatic carbocycles. The molecule has 0 fully saturated rings. The van der Waals surface area contributed by atoms with Crippen molar-refractivity contribution >= 4 is 16.1 Å². The molecular formula is C7H6NaO5Ru2S+6. The molecule has 0 unspecified atom stereocenters. The van der Waals surface area contributed by atoms with Gasteiger partial charge in [0.25, 0.3) is 10.1 Å². The van der Waals surface area contributed by atoms with Crippen molar-refractivity contribution in [3.05, 3.63) is 29.8 Å². The zero-order chi connectivity index (χ0) is 10.1. The Morgan fingerprint density at radius 2 is 1.75 bits per heavy atom. The molecule has 0 amide bonds. The van der Waals surface area contributed by atoms with Crippen LogP contribution in [-0.2, 0) is 49.1 Å². The molecule has 0 spiro atoms. The van der Waals surface area contributed by atoms with Crippen molar-refractivity contribution in [3.8, 4) is 0 Å². The molecule has 1 aromatic rings. The van der Waals surface area contributed by atoms with Crippen molar-refractivity contribution in [2.45, 2.75) is 4.90 Å². The van der Waals surface area contributed by atoms with Crippen molar-refractivity contribution in [1.29, 1.82) is 0 Å². The first-order chi connectivity index (χ1) is 5.91. The van der Waals surface area contributed by atoms with Crippen LogP contribution in [0, 0.1) is 0 Å². The monoisotopic (exact) mass is 429 g/mol. The summed E-state index contributed by atoms with van der Waals surface area (Å²) < 4.78 is 29.7. The van der Waals surface area contributed by atoms with E-state index in [0.717, 1.165) is 12.1 Å². The number of carbonyl (C=O) groups is 1. The van der Waals surface area contributed by atoms with E-state index >= 15 is 0 Å². The van der Waals surface area contributed by atoms with Gasteiger partial charge in [-0.25, -0.2) is 4.79 Å². The fourth-order valence-electron chi connectivity index (χ4n) is 0.790. The maximum absolute atomic E-state index is 10.6. The van der Waals surface area contributed by atoms with Gasteiger partial charge in [-0.05, 0) is 18.2 Å². The van der Waals surface area contributed by atoms with E-state index in [2.05, 4.69) is 0 Å². The van der Waals surface area contributed by atoms with Gasteiger partial charge in [0.2, 0.25) is 0 Å². The second kappa shape index (κ2) is 8.87. The van der Waals surface area contributed by atoms with Crippen molar-refractivity contribution < 1.29 is 91.4 Å². The second-order valence-electron chi connectivity index (χ2n) is 2.31. The molecule has 0 saturated carbocycles. The number of hydrogen-bond acceptors (Lipinski definition) is 3. The van der Waals surface area contributed by atoms with Crippen molar-refractivity contribution in [3.63, 3.8) is 0 Å². The van der Waals surface area contributed by atoms with E-state index in [1.807, 2.05) is 0 Å². The van der Waals surface area contributed by atoms with Gasteiger partial charge in [0, 0.05) is 0 Å². The van der Waals surface area contributed by atoms with Crippen molar-refractivity contribution in [2.75, 3.05) is 0 Å². The third kappa shape index (κ3) is 6.55. The average Bonchev–Trinajstić information content (AvgIpc) is 2.03. The van der Waals surface area contributed by atoms with Gasteiger partial charge >= 0.3 is 74.5 Å². The molecule has 1 rings (SSSR count). The van der Waals surface area contributed by atoms with Crippen LogP contribution in [0.4, 0.5) is 0 Å². The number of carboxylic acid groups (broad SMARTS) is 1. The smallest absolute Gasteiger partial charge is 0.478 e. The Morgan fingerprint density at radius 3 is 2.12 bits per heavy atom. The summed E-state index contributed by atoms with van der Waals surface area (Å²) in [6.45, 7) is 0. The minimum absolute atomic E-state index is 0. The summed E-state index contributed by atoms with van der Waals surface area (Å²) in [6.07, 6.45) is 0. The Labute approximate surface area is 141 Å². The standard InChI is InChI=1S/C7H6O5S.Na.2Ru/c8-7(9)5-2-1-3-6(4-5)13(10,11)12;;;/h1-4H,(H,8,9)(H,10,11,12);;;/q;+1;+2;+3. The van der Waals surface area contributed by atoms with Crippen LogP contribution >= 0.6 is 0 Å². The van der Waals surface area contributed by atoms with Crippen LogP contribution in [0.2, 0.25) is 0 Å². The largest absolute Gasteiger partial charge is 3.00 e. The van der Waals surface area contributed by atoms with E-state index in [9.17, 15) is 13.2 Å². The van der Waals surface area contributed by atoms with Gasteiger partial charge in [0.15, 0.2) is 0 Å². The maximum atomic E-state index is 10.6. The first-order valence-electron chi connectivity index (χ1n) is 3.22. The molecule has 9 heteroatoms. The topological polar surface area (TPSA) is 91.7 Å². The van der Waals surface area contributed by atoms with Crippen LogP contribution in [0.3, 0.4) is 0 Å². The SMILES string of the molecule is O=C(O)c1cccc(S(=O)(=O)O)c1.[Na+].[Ru+2].[Ru+3]. The average molecular weight is 427 g/mol. The molecule has 5 nitrogen and oxygen atoms in total. The van der Waals surface area contributed by atoms with Gasteiger partial charge in [-0.2, -0.15) is 8.42 Å². The third-order valence-electron chi connectivity index (χ3n) is 1.38. The fraction of sp³-hybridized carbons (Fsp3) is 0. The van der Waals surface area contributed by atoms with Gasteiger partial charge in [-0.1, -0.05) is 6.07 Å². The molecule has 0 aliphatic heterocycles. The van der Waals surface area contributed by atoms with Crippen LogP contribution in [-0.4, -0.2) is 24.0 Å². The van der Waals surface area contributed by atoms with E-state index in [1.54, 1.807) is 0 Å².